The number of carbonyl (C=O) groups excluding carboxylic acids is 1. The van der Waals surface area contributed by atoms with Crippen molar-refractivity contribution < 1.29 is 14.3 Å². The van der Waals surface area contributed by atoms with Crippen molar-refractivity contribution >= 4 is 5.91 Å². The number of ether oxygens (including phenoxy) is 2. The van der Waals surface area contributed by atoms with E-state index in [0.29, 0.717) is 13.2 Å². The number of amides is 1. The number of fused-ring (bicyclic) bond motifs is 1. The van der Waals surface area contributed by atoms with E-state index in [1.807, 2.05) is 29.1 Å². The standard InChI is InChI=1S/C19H22N4O3/c24-19(13-6-7-13)20-15-10-25-18-16(11-26-17(15)18)23-9-14(21-22-23)8-12-4-2-1-3-5-12/h1-5,9,13,15-18H,6-8,10-11H2,(H,20,24)/t15-,16-,17+,18+/m0/s1. The van der Waals surface area contributed by atoms with Gasteiger partial charge in [0.25, 0.3) is 0 Å². The van der Waals surface area contributed by atoms with Crippen molar-refractivity contribution in [1.82, 2.24) is 20.3 Å². The summed E-state index contributed by atoms with van der Waals surface area (Å²) in [6, 6.07) is 10.2. The predicted molar refractivity (Wildman–Crippen MR) is 92.4 cm³/mol. The van der Waals surface area contributed by atoms with Crippen LogP contribution in [0.25, 0.3) is 0 Å². The predicted octanol–water partition coefficient (Wildman–Crippen LogP) is 1.10. The van der Waals surface area contributed by atoms with Crippen LogP contribution < -0.4 is 5.32 Å². The van der Waals surface area contributed by atoms with Gasteiger partial charge in [-0.2, -0.15) is 0 Å². The van der Waals surface area contributed by atoms with Crippen molar-refractivity contribution in [3.05, 3.63) is 47.8 Å². The summed E-state index contributed by atoms with van der Waals surface area (Å²) in [5, 5.41) is 11.7. The summed E-state index contributed by atoms with van der Waals surface area (Å²) in [5.41, 5.74) is 2.14. The van der Waals surface area contributed by atoms with Crippen LogP contribution in [0.5, 0.6) is 0 Å². The summed E-state index contributed by atoms with van der Waals surface area (Å²) < 4.78 is 13.8. The van der Waals surface area contributed by atoms with Crippen LogP contribution in [-0.2, 0) is 20.7 Å². The first-order valence-corrected chi connectivity index (χ1v) is 9.26. The Bertz CT molecular complexity index is 789. The van der Waals surface area contributed by atoms with Crippen molar-refractivity contribution in [2.45, 2.75) is 43.6 Å². The van der Waals surface area contributed by atoms with Crippen molar-refractivity contribution in [3.8, 4) is 0 Å². The number of nitrogens with zero attached hydrogens (tertiary/aromatic N) is 3. The topological polar surface area (TPSA) is 78.3 Å². The highest BCUT2D eigenvalue weighted by Gasteiger charge is 2.50. The number of aromatic nitrogens is 3. The molecule has 4 atom stereocenters. The first-order valence-electron chi connectivity index (χ1n) is 9.26. The molecule has 7 nitrogen and oxygen atoms in total. The van der Waals surface area contributed by atoms with E-state index >= 15 is 0 Å². The molecule has 1 saturated carbocycles. The lowest BCUT2D eigenvalue weighted by molar-refractivity contribution is -0.123. The molecule has 5 rings (SSSR count). The molecule has 0 radical (unpaired) electrons. The molecule has 3 heterocycles. The molecule has 2 saturated heterocycles. The van der Waals surface area contributed by atoms with Gasteiger partial charge in [-0.1, -0.05) is 35.5 Å². The van der Waals surface area contributed by atoms with Gasteiger partial charge in [0.05, 0.1) is 24.9 Å². The fraction of sp³-hybridized carbons (Fsp3) is 0.526. The summed E-state index contributed by atoms with van der Waals surface area (Å²) in [4.78, 5) is 12.0. The summed E-state index contributed by atoms with van der Waals surface area (Å²) >= 11 is 0. The second-order valence-electron chi connectivity index (χ2n) is 7.40. The number of nitrogens with one attached hydrogen (secondary N) is 1. The zero-order chi connectivity index (χ0) is 17.5. The Balaban J connectivity index is 1.25. The highest BCUT2D eigenvalue weighted by molar-refractivity contribution is 5.81. The van der Waals surface area contributed by atoms with Crippen LogP contribution in [0.4, 0.5) is 0 Å². The first kappa shape index (κ1) is 16.0. The number of carbonyl (C=O) groups is 1. The smallest absolute Gasteiger partial charge is 0.223 e. The Kier molecular flexibility index (Phi) is 3.98. The lowest BCUT2D eigenvalue weighted by atomic mass is 10.1. The van der Waals surface area contributed by atoms with E-state index in [0.717, 1.165) is 25.0 Å². The molecular weight excluding hydrogens is 332 g/mol. The van der Waals surface area contributed by atoms with Crippen LogP contribution in [0.1, 0.15) is 30.1 Å². The SMILES string of the molecule is O=C(N[C@H]1CO[C@H]2[C@@H]1OC[C@@H]2n1cc(Cc2ccccc2)nn1)C1CC1. The molecule has 3 fully saturated rings. The molecule has 1 N–H and O–H groups in total. The Hall–Kier alpha value is -2.25. The molecule has 0 bridgehead atoms. The molecule has 1 amide bonds. The first-order chi connectivity index (χ1) is 12.8. The highest BCUT2D eigenvalue weighted by Crippen LogP contribution is 2.35. The normalized spacial score (nSPS) is 30.3. The average molecular weight is 354 g/mol. The van der Waals surface area contributed by atoms with E-state index in [-0.39, 0.29) is 36.1 Å². The van der Waals surface area contributed by atoms with Gasteiger partial charge < -0.3 is 14.8 Å². The zero-order valence-corrected chi connectivity index (χ0v) is 14.5. The summed E-state index contributed by atoms with van der Waals surface area (Å²) in [6.45, 7) is 1.02. The minimum Gasteiger partial charge on any atom is -0.371 e. The maximum atomic E-state index is 12.0. The molecule has 26 heavy (non-hydrogen) atoms. The lowest BCUT2D eigenvalue weighted by Gasteiger charge is -2.17. The van der Waals surface area contributed by atoms with Gasteiger partial charge in [-0.05, 0) is 18.4 Å². The van der Waals surface area contributed by atoms with Crippen molar-refractivity contribution in [1.29, 1.82) is 0 Å². The molecule has 2 aromatic rings. The number of hydrogen-bond acceptors (Lipinski definition) is 5. The van der Waals surface area contributed by atoms with Gasteiger partial charge in [0, 0.05) is 18.5 Å². The van der Waals surface area contributed by atoms with Gasteiger partial charge in [0.2, 0.25) is 5.91 Å². The maximum absolute atomic E-state index is 12.0. The van der Waals surface area contributed by atoms with Gasteiger partial charge in [0.15, 0.2) is 0 Å². The van der Waals surface area contributed by atoms with Crippen molar-refractivity contribution in [3.63, 3.8) is 0 Å². The Labute approximate surface area is 151 Å². The highest BCUT2D eigenvalue weighted by atomic mass is 16.6. The van der Waals surface area contributed by atoms with E-state index in [4.69, 9.17) is 9.47 Å². The molecule has 0 spiro atoms. The third-order valence-corrected chi connectivity index (χ3v) is 5.43. The Morgan fingerprint density at radius 2 is 1.96 bits per heavy atom. The molecule has 1 aromatic carbocycles. The minimum absolute atomic E-state index is 0.000139. The van der Waals surface area contributed by atoms with Gasteiger partial charge in [-0.3, -0.25) is 4.79 Å². The number of hydrogen-bond donors (Lipinski definition) is 1. The van der Waals surface area contributed by atoms with E-state index in [9.17, 15) is 4.79 Å². The molecule has 136 valence electrons. The largest absolute Gasteiger partial charge is 0.371 e. The van der Waals surface area contributed by atoms with Crippen LogP contribution in [0.2, 0.25) is 0 Å². The Morgan fingerprint density at radius 3 is 2.77 bits per heavy atom. The quantitative estimate of drug-likeness (QED) is 0.870. The summed E-state index contributed by atoms with van der Waals surface area (Å²) in [7, 11) is 0. The molecule has 3 aliphatic rings. The molecule has 0 unspecified atom stereocenters. The third-order valence-electron chi connectivity index (χ3n) is 5.43. The fourth-order valence-electron chi connectivity index (χ4n) is 3.84. The molecule has 2 aliphatic heterocycles. The van der Waals surface area contributed by atoms with Gasteiger partial charge in [-0.25, -0.2) is 4.68 Å². The molecule has 7 heteroatoms. The molecule has 1 aromatic heterocycles. The second-order valence-corrected chi connectivity index (χ2v) is 7.40. The fourth-order valence-corrected chi connectivity index (χ4v) is 3.84. The van der Waals surface area contributed by atoms with Crippen LogP contribution in [-0.4, -0.2) is 52.4 Å². The van der Waals surface area contributed by atoms with Gasteiger partial charge >= 0.3 is 0 Å². The Morgan fingerprint density at radius 1 is 1.15 bits per heavy atom. The minimum atomic E-state index is -0.107. The third kappa shape index (κ3) is 3.01. The van der Waals surface area contributed by atoms with Crippen molar-refractivity contribution in [2.75, 3.05) is 13.2 Å². The zero-order valence-electron chi connectivity index (χ0n) is 14.5. The summed E-state index contributed by atoms with van der Waals surface area (Å²) in [6.07, 6.45) is 4.53. The number of rotatable bonds is 5. The van der Waals surface area contributed by atoms with Crippen LogP contribution in [0.15, 0.2) is 36.5 Å². The maximum Gasteiger partial charge on any atom is 0.223 e. The van der Waals surface area contributed by atoms with Gasteiger partial charge in [0.1, 0.15) is 18.2 Å². The van der Waals surface area contributed by atoms with E-state index in [1.165, 1.54) is 5.56 Å². The molecule has 1 aliphatic carbocycles. The average Bonchev–Trinajstić information content (AvgIpc) is 3.08. The lowest BCUT2D eigenvalue weighted by Crippen LogP contribution is -2.44. The molecular formula is C19H22N4O3. The van der Waals surface area contributed by atoms with Gasteiger partial charge in [-0.15, -0.1) is 5.10 Å². The van der Waals surface area contributed by atoms with Crippen LogP contribution >= 0.6 is 0 Å². The van der Waals surface area contributed by atoms with E-state index in [2.05, 4.69) is 27.8 Å². The van der Waals surface area contributed by atoms with E-state index < -0.39 is 0 Å². The van der Waals surface area contributed by atoms with Crippen LogP contribution in [0, 0.1) is 5.92 Å². The van der Waals surface area contributed by atoms with Crippen LogP contribution in [0.3, 0.4) is 0 Å². The van der Waals surface area contributed by atoms with E-state index in [1.54, 1.807) is 0 Å². The summed E-state index contributed by atoms with van der Waals surface area (Å²) in [5.74, 6) is 0.333. The van der Waals surface area contributed by atoms with Crippen molar-refractivity contribution in [2.24, 2.45) is 5.92 Å². The second kappa shape index (κ2) is 6.48. The monoisotopic (exact) mass is 354 g/mol. The number of benzene rings is 1.